The Bertz CT molecular complexity index is 503. The standard InChI is InChI=1S/C15H19N3O/c1-2-4-15(5-3-1)19-12-13-8-11-18(17-13)14-6-9-16-10-7-14/h1-5,8,11,14,16H,6-7,9-10,12H2. The van der Waals surface area contributed by atoms with E-state index in [1.165, 1.54) is 0 Å². The van der Waals surface area contributed by atoms with Crippen molar-refractivity contribution in [2.75, 3.05) is 13.1 Å². The summed E-state index contributed by atoms with van der Waals surface area (Å²) >= 11 is 0. The quantitative estimate of drug-likeness (QED) is 0.914. The Hall–Kier alpha value is -1.81. The van der Waals surface area contributed by atoms with E-state index in [2.05, 4.69) is 21.3 Å². The summed E-state index contributed by atoms with van der Waals surface area (Å²) < 4.78 is 7.79. The first kappa shape index (κ1) is 12.2. The van der Waals surface area contributed by atoms with Crippen molar-refractivity contribution >= 4 is 0 Å². The van der Waals surface area contributed by atoms with E-state index in [0.29, 0.717) is 12.6 Å². The van der Waals surface area contributed by atoms with Crippen LogP contribution in [0, 0.1) is 0 Å². The SMILES string of the molecule is c1ccc(OCc2ccn(C3CCNCC3)n2)cc1. The molecule has 0 spiro atoms. The molecule has 4 nitrogen and oxygen atoms in total. The highest BCUT2D eigenvalue weighted by atomic mass is 16.5. The van der Waals surface area contributed by atoms with E-state index < -0.39 is 0 Å². The molecule has 2 aromatic rings. The lowest BCUT2D eigenvalue weighted by Gasteiger charge is -2.22. The fourth-order valence-electron chi connectivity index (χ4n) is 2.40. The Balaban J connectivity index is 1.58. The van der Waals surface area contributed by atoms with Gasteiger partial charge in [0.2, 0.25) is 0 Å². The van der Waals surface area contributed by atoms with Gasteiger partial charge in [-0.1, -0.05) is 18.2 Å². The summed E-state index contributed by atoms with van der Waals surface area (Å²) in [6, 6.07) is 12.4. The molecular weight excluding hydrogens is 238 g/mol. The smallest absolute Gasteiger partial charge is 0.132 e. The largest absolute Gasteiger partial charge is 0.487 e. The molecule has 0 unspecified atom stereocenters. The molecule has 0 bridgehead atoms. The second kappa shape index (κ2) is 5.89. The highest BCUT2D eigenvalue weighted by Gasteiger charge is 2.15. The van der Waals surface area contributed by atoms with Gasteiger partial charge in [-0.15, -0.1) is 0 Å². The van der Waals surface area contributed by atoms with Crippen molar-refractivity contribution in [3.63, 3.8) is 0 Å². The first-order valence-corrected chi connectivity index (χ1v) is 6.84. The number of para-hydroxylation sites is 1. The Morgan fingerprint density at radius 1 is 1.16 bits per heavy atom. The number of benzene rings is 1. The van der Waals surface area contributed by atoms with Gasteiger partial charge in [0, 0.05) is 6.20 Å². The van der Waals surface area contributed by atoms with E-state index in [0.717, 1.165) is 37.4 Å². The van der Waals surface area contributed by atoms with E-state index in [-0.39, 0.29) is 0 Å². The van der Waals surface area contributed by atoms with Crippen molar-refractivity contribution in [2.45, 2.75) is 25.5 Å². The lowest BCUT2D eigenvalue weighted by molar-refractivity contribution is 0.293. The summed E-state index contributed by atoms with van der Waals surface area (Å²) in [5.74, 6) is 0.888. The highest BCUT2D eigenvalue weighted by molar-refractivity contribution is 5.21. The van der Waals surface area contributed by atoms with Crippen molar-refractivity contribution in [3.05, 3.63) is 48.3 Å². The van der Waals surface area contributed by atoms with Crippen LogP contribution in [0.15, 0.2) is 42.6 Å². The van der Waals surface area contributed by atoms with Crippen LogP contribution < -0.4 is 10.1 Å². The topological polar surface area (TPSA) is 39.1 Å². The number of hydrogen-bond acceptors (Lipinski definition) is 3. The molecule has 1 N–H and O–H groups in total. The van der Waals surface area contributed by atoms with Crippen LogP contribution in [0.3, 0.4) is 0 Å². The molecule has 0 amide bonds. The molecule has 1 fully saturated rings. The number of piperidine rings is 1. The minimum absolute atomic E-state index is 0.530. The molecule has 19 heavy (non-hydrogen) atoms. The van der Waals surface area contributed by atoms with Gasteiger partial charge in [-0.25, -0.2) is 0 Å². The zero-order chi connectivity index (χ0) is 12.9. The number of ether oxygens (including phenoxy) is 1. The number of nitrogens with one attached hydrogen (secondary N) is 1. The third-order valence-corrected chi connectivity index (χ3v) is 3.48. The molecular formula is C15H19N3O. The zero-order valence-electron chi connectivity index (χ0n) is 11.0. The van der Waals surface area contributed by atoms with Crippen LogP contribution in [0.4, 0.5) is 0 Å². The maximum absolute atomic E-state index is 5.70. The summed E-state index contributed by atoms with van der Waals surface area (Å²) in [7, 11) is 0. The van der Waals surface area contributed by atoms with E-state index >= 15 is 0 Å². The molecule has 2 heterocycles. The third kappa shape index (κ3) is 3.15. The predicted octanol–water partition coefficient (Wildman–Crippen LogP) is 2.39. The molecule has 1 aliphatic rings. The first-order valence-electron chi connectivity index (χ1n) is 6.84. The van der Waals surface area contributed by atoms with Crippen LogP contribution in [0.25, 0.3) is 0 Å². The van der Waals surface area contributed by atoms with Crippen molar-refractivity contribution in [1.82, 2.24) is 15.1 Å². The second-order valence-corrected chi connectivity index (χ2v) is 4.87. The van der Waals surface area contributed by atoms with Crippen molar-refractivity contribution in [1.29, 1.82) is 0 Å². The average Bonchev–Trinajstić information content (AvgIpc) is 2.96. The van der Waals surface area contributed by atoms with Gasteiger partial charge in [0.25, 0.3) is 0 Å². The molecule has 100 valence electrons. The van der Waals surface area contributed by atoms with Gasteiger partial charge < -0.3 is 10.1 Å². The van der Waals surface area contributed by atoms with Crippen LogP contribution >= 0.6 is 0 Å². The average molecular weight is 257 g/mol. The number of hydrogen-bond donors (Lipinski definition) is 1. The zero-order valence-corrected chi connectivity index (χ0v) is 11.0. The molecule has 0 radical (unpaired) electrons. The molecule has 1 aliphatic heterocycles. The monoisotopic (exact) mass is 257 g/mol. The summed E-state index contributed by atoms with van der Waals surface area (Å²) in [5, 5.41) is 7.99. The lowest BCUT2D eigenvalue weighted by atomic mass is 10.1. The van der Waals surface area contributed by atoms with Gasteiger partial charge in [0.05, 0.1) is 11.7 Å². The van der Waals surface area contributed by atoms with Crippen LogP contribution in [0.2, 0.25) is 0 Å². The third-order valence-electron chi connectivity index (χ3n) is 3.48. The van der Waals surface area contributed by atoms with Gasteiger partial charge in [0.1, 0.15) is 12.4 Å². The lowest BCUT2D eigenvalue weighted by Crippen LogP contribution is -2.29. The second-order valence-electron chi connectivity index (χ2n) is 4.87. The Kier molecular flexibility index (Phi) is 3.79. The van der Waals surface area contributed by atoms with Gasteiger partial charge in [0.15, 0.2) is 0 Å². The van der Waals surface area contributed by atoms with Crippen LogP contribution in [0.1, 0.15) is 24.6 Å². The van der Waals surface area contributed by atoms with Crippen molar-refractivity contribution in [3.8, 4) is 5.75 Å². The molecule has 1 saturated heterocycles. The van der Waals surface area contributed by atoms with E-state index in [1.54, 1.807) is 0 Å². The summed E-state index contributed by atoms with van der Waals surface area (Å²) in [4.78, 5) is 0. The maximum atomic E-state index is 5.70. The van der Waals surface area contributed by atoms with Crippen molar-refractivity contribution in [2.24, 2.45) is 0 Å². The van der Waals surface area contributed by atoms with Crippen LogP contribution in [0.5, 0.6) is 5.75 Å². The van der Waals surface area contributed by atoms with E-state index in [1.807, 2.05) is 36.4 Å². The minimum atomic E-state index is 0.530. The number of rotatable bonds is 4. The van der Waals surface area contributed by atoms with Gasteiger partial charge in [-0.3, -0.25) is 4.68 Å². The molecule has 3 rings (SSSR count). The van der Waals surface area contributed by atoms with Crippen LogP contribution in [-0.4, -0.2) is 22.9 Å². The fourth-order valence-corrected chi connectivity index (χ4v) is 2.40. The van der Waals surface area contributed by atoms with Crippen LogP contribution in [-0.2, 0) is 6.61 Å². The maximum Gasteiger partial charge on any atom is 0.132 e. The normalized spacial score (nSPS) is 16.4. The summed E-state index contributed by atoms with van der Waals surface area (Å²) in [6.07, 6.45) is 4.38. The highest BCUT2D eigenvalue weighted by Crippen LogP contribution is 2.18. The molecule has 4 heteroatoms. The predicted molar refractivity (Wildman–Crippen MR) is 74.1 cm³/mol. The molecule has 1 aromatic carbocycles. The molecule has 0 aliphatic carbocycles. The van der Waals surface area contributed by atoms with E-state index in [9.17, 15) is 0 Å². The van der Waals surface area contributed by atoms with E-state index in [4.69, 9.17) is 4.74 Å². The molecule has 0 atom stereocenters. The Labute approximate surface area is 113 Å². The summed E-state index contributed by atoms with van der Waals surface area (Å²) in [5.41, 5.74) is 0.988. The molecule has 0 saturated carbocycles. The Morgan fingerprint density at radius 2 is 1.95 bits per heavy atom. The van der Waals surface area contributed by atoms with Gasteiger partial charge in [-0.05, 0) is 44.1 Å². The first-order chi connectivity index (χ1) is 9.42. The summed E-state index contributed by atoms with van der Waals surface area (Å²) in [6.45, 7) is 2.70. The number of aromatic nitrogens is 2. The van der Waals surface area contributed by atoms with Gasteiger partial charge in [-0.2, -0.15) is 5.10 Å². The minimum Gasteiger partial charge on any atom is -0.487 e. The molecule has 1 aromatic heterocycles. The van der Waals surface area contributed by atoms with Gasteiger partial charge >= 0.3 is 0 Å². The van der Waals surface area contributed by atoms with Crippen molar-refractivity contribution < 1.29 is 4.74 Å². The fraction of sp³-hybridized carbons (Fsp3) is 0.400. The number of nitrogens with zero attached hydrogens (tertiary/aromatic N) is 2. The Morgan fingerprint density at radius 3 is 2.74 bits per heavy atom.